The molecule has 0 spiro atoms. The fourth-order valence-corrected chi connectivity index (χ4v) is 2.99. The fourth-order valence-electron chi connectivity index (χ4n) is 2.99. The topological polar surface area (TPSA) is 95.9 Å². The number of aromatic amines is 2. The van der Waals surface area contributed by atoms with Gasteiger partial charge in [-0.05, 0) is 48.6 Å². The standard InChI is InChI=1S/C10H8F4.C10H7N5O2/c11-9-5-7(6-1-2-6)3-4-8(9)10(12,13)14;16-9-6(5-12-10(17)13-9)7-1-2-8-11-3-4-15(8)14-7/h3-6H,1-2H2;1-5H,(H2,12,13,16,17). The Morgan fingerprint density at radius 2 is 1.87 bits per heavy atom. The molecule has 0 aliphatic heterocycles. The maximum Gasteiger partial charge on any atom is 0.419 e. The average molecular weight is 433 g/mol. The Kier molecular flexibility index (Phi) is 5.17. The Balaban J connectivity index is 0.000000152. The number of alkyl halides is 3. The van der Waals surface area contributed by atoms with Crippen molar-refractivity contribution in [3.63, 3.8) is 0 Å². The van der Waals surface area contributed by atoms with Gasteiger partial charge >= 0.3 is 11.9 Å². The first-order valence-corrected chi connectivity index (χ1v) is 9.22. The van der Waals surface area contributed by atoms with Gasteiger partial charge in [-0.2, -0.15) is 18.3 Å². The molecule has 0 radical (unpaired) electrons. The van der Waals surface area contributed by atoms with Gasteiger partial charge in [-0.3, -0.25) is 9.78 Å². The summed E-state index contributed by atoms with van der Waals surface area (Å²) < 4.78 is 51.0. The van der Waals surface area contributed by atoms with Crippen LogP contribution in [-0.2, 0) is 6.18 Å². The molecule has 7 nitrogen and oxygen atoms in total. The summed E-state index contributed by atoms with van der Waals surface area (Å²) >= 11 is 0. The Bertz CT molecular complexity index is 1350. The van der Waals surface area contributed by atoms with E-state index in [1.165, 1.54) is 12.3 Å². The number of hydrogen-bond donors (Lipinski definition) is 2. The predicted octanol–water partition coefficient (Wildman–Crippen LogP) is 3.49. The Morgan fingerprint density at radius 1 is 1.10 bits per heavy atom. The minimum atomic E-state index is -4.59. The molecule has 31 heavy (non-hydrogen) atoms. The largest absolute Gasteiger partial charge is 0.419 e. The van der Waals surface area contributed by atoms with Crippen LogP contribution in [0.15, 0.2) is 58.5 Å². The van der Waals surface area contributed by atoms with Crippen LogP contribution in [0.2, 0.25) is 0 Å². The van der Waals surface area contributed by atoms with Gasteiger partial charge in [0.2, 0.25) is 0 Å². The predicted molar refractivity (Wildman–Crippen MR) is 103 cm³/mol. The number of hydrogen-bond acceptors (Lipinski definition) is 4. The van der Waals surface area contributed by atoms with E-state index in [9.17, 15) is 27.2 Å². The van der Waals surface area contributed by atoms with Crippen LogP contribution in [-0.4, -0.2) is 24.6 Å². The van der Waals surface area contributed by atoms with Crippen molar-refractivity contribution in [2.45, 2.75) is 24.9 Å². The second-order valence-electron chi connectivity index (χ2n) is 6.95. The monoisotopic (exact) mass is 433 g/mol. The highest BCUT2D eigenvalue weighted by Gasteiger charge is 2.35. The fraction of sp³-hybridized carbons (Fsp3) is 0.200. The van der Waals surface area contributed by atoms with E-state index in [0.717, 1.165) is 25.0 Å². The van der Waals surface area contributed by atoms with Crippen LogP contribution in [0, 0.1) is 5.82 Å². The van der Waals surface area contributed by atoms with Gasteiger partial charge in [-0.1, -0.05) is 6.07 Å². The smallest absolute Gasteiger partial charge is 0.313 e. The van der Waals surface area contributed by atoms with Crippen LogP contribution in [0.4, 0.5) is 17.6 Å². The quantitative estimate of drug-likeness (QED) is 0.473. The Labute approximate surface area is 171 Å². The maximum atomic E-state index is 13.0. The Morgan fingerprint density at radius 3 is 2.52 bits per heavy atom. The van der Waals surface area contributed by atoms with Gasteiger partial charge in [0.1, 0.15) is 5.82 Å². The van der Waals surface area contributed by atoms with Gasteiger partial charge in [0.25, 0.3) is 5.56 Å². The molecule has 0 atom stereocenters. The van der Waals surface area contributed by atoms with Crippen molar-refractivity contribution < 1.29 is 17.6 Å². The molecule has 0 bridgehead atoms. The summed E-state index contributed by atoms with van der Waals surface area (Å²) in [5.41, 5.74) is -0.0524. The average Bonchev–Trinajstić information content (AvgIpc) is 3.45. The van der Waals surface area contributed by atoms with Gasteiger partial charge in [0.15, 0.2) is 5.65 Å². The van der Waals surface area contributed by atoms with Gasteiger partial charge < -0.3 is 4.98 Å². The molecule has 1 aliphatic rings. The highest BCUT2D eigenvalue weighted by Crippen LogP contribution is 2.41. The minimum Gasteiger partial charge on any atom is -0.313 e. The summed E-state index contributed by atoms with van der Waals surface area (Å²) in [5, 5.41) is 4.21. The lowest BCUT2D eigenvalue weighted by atomic mass is 10.1. The van der Waals surface area contributed by atoms with E-state index in [0.29, 0.717) is 22.5 Å². The summed E-state index contributed by atoms with van der Waals surface area (Å²) in [6.45, 7) is 0. The number of aromatic nitrogens is 5. The molecule has 1 aliphatic carbocycles. The van der Waals surface area contributed by atoms with Crippen LogP contribution in [0.3, 0.4) is 0 Å². The minimum absolute atomic E-state index is 0.270. The third-order valence-electron chi connectivity index (χ3n) is 4.70. The zero-order chi connectivity index (χ0) is 22.2. The molecule has 1 saturated carbocycles. The summed E-state index contributed by atoms with van der Waals surface area (Å²) in [6.07, 6.45) is 1.94. The second kappa shape index (κ2) is 7.82. The van der Waals surface area contributed by atoms with Gasteiger partial charge in [-0.25, -0.2) is 18.7 Å². The van der Waals surface area contributed by atoms with E-state index >= 15 is 0 Å². The summed E-state index contributed by atoms with van der Waals surface area (Å²) in [4.78, 5) is 31.1. The van der Waals surface area contributed by atoms with E-state index in [1.807, 2.05) is 0 Å². The molecule has 2 N–H and O–H groups in total. The van der Waals surface area contributed by atoms with E-state index in [-0.39, 0.29) is 5.92 Å². The number of fused-ring (bicyclic) bond motifs is 1. The molecule has 1 aromatic carbocycles. The van der Waals surface area contributed by atoms with Crippen molar-refractivity contribution in [2.24, 2.45) is 0 Å². The van der Waals surface area contributed by atoms with Crippen LogP contribution >= 0.6 is 0 Å². The number of H-pyrrole nitrogens is 2. The molecule has 11 heteroatoms. The number of nitrogens with one attached hydrogen (secondary N) is 2. The first kappa shape index (κ1) is 20.5. The number of rotatable bonds is 2. The van der Waals surface area contributed by atoms with Crippen molar-refractivity contribution in [3.05, 3.63) is 86.7 Å². The highest BCUT2D eigenvalue weighted by atomic mass is 19.4. The lowest BCUT2D eigenvalue weighted by Gasteiger charge is -2.08. The molecule has 0 unspecified atom stereocenters. The molecule has 0 amide bonds. The van der Waals surface area contributed by atoms with E-state index in [1.54, 1.807) is 29.0 Å². The molecule has 0 saturated heterocycles. The second-order valence-corrected chi connectivity index (χ2v) is 6.95. The number of imidazole rings is 1. The van der Waals surface area contributed by atoms with Gasteiger partial charge in [0, 0.05) is 18.6 Å². The number of halogens is 4. The molecular weight excluding hydrogens is 418 g/mol. The first-order chi connectivity index (χ1) is 14.7. The number of benzene rings is 1. The normalized spacial score (nSPS) is 13.7. The summed E-state index contributed by atoms with van der Waals surface area (Å²) in [6, 6.07) is 6.60. The molecule has 3 aromatic heterocycles. The molecule has 4 aromatic rings. The van der Waals surface area contributed by atoms with Crippen molar-refractivity contribution in [2.75, 3.05) is 0 Å². The van der Waals surface area contributed by atoms with Gasteiger partial charge in [0.05, 0.1) is 16.8 Å². The third-order valence-corrected chi connectivity index (χ3v) is 4.70. The molecule has 1 fully saturated rings. The van der Waals surface area contributed by atoms with E-state index in [4.69, 9.17) is 0 Å². The van der Waals surface area contributed by atoms with Gasteiger partial charge in [-0.15, -0.1) is 0 Å². The third kappa shape index (κ3) is 4.55. The summed E-state index contributed by atoms with van der Waals surface area (Å²) in [7, 11) is 0. The lowest BCUT2D eigenvalue weighted by molar-refractivity contribution is -0.140. The lowest BCUT2D eigenvalue weighted by Crippen LogP contribution is -2.22. The van der Waals surface area contributed by atoms with Crippen LogP contribution in [0.5, 0.6) is 0 Å². The Hall–Kier alpha value is -3.76. The van der Waals surface area contributed by atoms with E-state index < -0.39 is 28.8 Å². The van der Waals surface area contributed by atoms with E-state index in [2.05, 4.69) is 20.1 Å². The van der Waals surface area contributed by atoms with Crippen molar-refractivity contribution in [1.82, 2.24) is 24.6 Å². The van der Waals surface area contributed by atoms with Crippen LogP contribution in [0.25, 0.3) is 16.9 Å². The van der Waals surface area contributed by atoms with Crippen molar-refractivity contribution in [1.29, 1.82) is 0 Å². The first-order valence-electron chi connectivity index (χ1n) is 9.22. The zero-order valence-electron chi connectivity index (χ0n) is 15.8. The number of nitrogens with zero attached hydrogens (tertiary/aromatic N) is 3. The maximum absolute atomic E-state index is 13.0. The molecular formula is C20H15F4N5O2. The molecule has 160 valence electrons. The van der Waals surface area contributed by atoms with Crippen molar-refractivity contribution >= 4 is 5.65 Å². The SMILES string of the molecule is Fc1cc(C2CC2)ccc1C(F)(F)F.O=c1[nH]cc(-c2ccc3nccn3n2)c(=O)[nH]1. The molecule has 5 rings (SSSR count). The summed E-state index contributed by atoms with van der Waals surface area (Å²) in [5.74, 6) is -0.895. The zero-order valence-corrected chi connectivity index (χ0v) is 15.8. The highest BCUT2D eigenvalue weighted by molar-refractivity contribution is 5.57. The van der Waals surface area contributed by atoms with Crippen LogP contribution in [0.1, 0.15) is 29.9 Å². The van der Waals surface area contributed by atoms with Crippen molar-refractivity contribution in [3.8, 4) is 11.3 Å². The van der Waals surface area contributed by atoms with Crippen LogP contribution < -0.4 is 11.2 Å². The molecule has 3 heterocycles.